The summed E-state index contributed by atoms with van der Waals surface area (Å²) in [6.07, 6.45) is 5.86. The van der Waals surface area contributed by atoms with Crippen LogP contribution in [0.5, 0.6) is 5.75 Å². The summed E-state index contributed by atoms with van der Waals surface area (Å²) in [5, 5.41) is 7.13. The summed E-state index contributed by atoms with van der Waals surface area (Å²) in [5.41, 5.74) is 1.25. The Kier molecular flexibility index (Phi) is 8.21. The minimum absolute atomic E-state index is 0. The van der Waals surface area contributed by atoms with Crippen molar-refractivity contribution in [2.24, 2.45) is 4.99 Å². The van der Waals surface area contributed by atoms with Gasteiger partial charge < -0.3 is 20.3 Å². The molecule has 1 saturated carbocycles. The highest BCUT2D eigenvalue weighted by molar-refractivity contribution is 14.0. The number of rotatable bonds is 5. The molecule has 1 unspecified atom stereocenters. The van der Waals surface area contributed by atoms with Gasteiger partial charge in [0, 0.05) is 38.2 Å². The first-order chi connectivity index (χ1) is 12.5. The Morgan fingerprint density at radius 2 is 2.00 bits per heavy atom. The number of guanidine groups is 1. The largest absolute Gasteiger partial charge is 0.487 e. The fraction of sp³-hybridized carbons (Fsp3) is 0.667. The highest BCUT2D eigenvalue weighted by Crippen LogP contribution is 2.46. The summed E-state index contributed by atoms with van der Waals surface area (Å²) >= 11 is 0. The molecule has 1 heterocycles. The molecule has 0 aromatic heterocycles. The van der Waals surface area contributed by atoms with E-state index in [1.807, 2.05) is 7.05 Å². The maximum absolute atomic E-state index is 6.46. The molecular weight excluding hydrogens is 451 g/mol. The van der Waals surface area contributed by atoms with Crippen molar-refractivity contribution in [2.45, 2.75) is 63.6 Å². The van der Waals surface area contributed by atoms with Crippen LogP contribution in [0.1, 0.15) is 57.6 Å². The van der Waals surface area contributed by atoms with E-state index < -0.39 is 0 Å². The number of halogens is 1. The van der Waals surface area contributed by atoms with Gasteiger partial charge in [-0.3, -0.25) is 4.99 Å². The molecule has 0 radical (unpaired) electrons. The van der Waals surface area contributed by atoms with Crippen molar-refractivity contribution >= 4 is 29.9 Å². The van der Waals surface area contributed by atoms with Crippen LogP contribution in [0.25, 0.3) is 0 Å². The lowest BCUT2D eigenvalue weighted by molar-refractivity contribution is 0.0396. The lowest BCUT2D eigenvalue weighted by atomic mass is 9.86. The molecule has 2 aliphatic rings. The third kappa shape index (κ3) is 5.50. The average Bonchev–Trinajstić information content (AvgIpc) is 3.07. The number of nitrogens with one attached hydrogen (secondary N) is 2. The predicted molar refractivity (Wildman–Crippen MR) is 123 cm³/mol. The topological polar surface area (TPSA) is 48.9 Å². The van der Waals surface area contributed by atoms with Crippen molar-refractivity contribution in [3.05, 3.63) is 29.8 Å². The van der Waals surface area contributed by atoms with E-state index in [1.54, 1.807) is 0 Å². The van der Waals surface area contributed by atoms with Gasteiger partial charge in [0.15, 0.2) is 5.96 Å². The molecule has 0 amide bonds. The summed E-state index contributed by atoms with van der Waals surface area (Å²) in [6, 6.07) is 9.24. The minimum Gasteiger partial charge on any atom is -0.487 e. The fourth-order valence-electron chi connectivity index (χ4n) is 4.04. The third-order valence-electron chi connectivity index (χ3n) is 5.88. The maximum atomic E-state index is 6.46. The number of para-hydroxylation sites is 1. The molecule has 1 aromatic carbocycles. The van der Waals surface area contributed by atoms with Crippen LogP contribution >= 0.6 is 24.0 Å². The maximum Gasteiger partial charge on any atom is 0.191 e. The molecule has 1 aliphatic carbocycles. The molecule has 1 spiro atoms. The van der Waals surface area contributed by atoms with E-state index in [1.165, 1.54) is 18.4 Å². The monoisotopic (exact) mass is 486 g/mol. The second-order valence-corrected chi connectivity index (χ2v) is 8.00. The number of likely N-dealkylation sites (N-methyl/N-ethyl adjacent to an activating group) is 1. The molecule has 27 heavy (non-hydrogen) atoms. The number of hydrogen-bond acceptors (Lipinski definition) is 3. The second-order valence-electron chi connectivity index (χ2n) is 8.00. The zero-order valence-corrected chi connectivity index (χ0v) is 19.5. The first kappa shape index (κ1) is 22.3. The fourth-order valence-corrected chi connectivity index (χ4v) is 4.04. The van der Waals surface area contributed by atoms with Gasteiger partial charge >= 0.3 is 0 Å². The Balaban J connectivity index is 0.00000261. The van der Waals surface area contributed by atoms with Crippen molar-refractivity contribution < 1.29 is 4.74 Å². The first-order valence-corrected chi connectivity index (χ1v) is 9.98. The Bertz CT molecular complexity index is 628. The zero-order chi connectivity index (χ0) is 18.6. The van der Waals surface area contributed by atoms with Crippen molar-refractivity contribution in [1.82, 2.24) is 15.5 Å². The molecule has 1 aliphatic heterocycles. The van der Waals surface area contributed by atoms with Gasteiger partial charge in [0.25, 0.3) is 0 Å². The molecule has 2 N–H and O–H groups in total. The van der Waals surface area contributed by atoms with Gasteiger partial charge in [0.1, 0.15) is 11.4 Å². The summed E-state index contributed by atoms with van der Waals surface area (Å²) in [7, 11) is 4.00. The zero-order valence-electron chi connectivity index (χ0n) is 17.1. The van der Waals surface area contributed by atoms with Crippen LogP contribution in [0, 0.1) is 0 Å². The predicted octanol–water partition coefficient (Wildman–Crippen LogP) is 3.95. The van der Waals surface area contributed by atoms with Crippen molar-refractivity contribution in [3.63, 3.8) is 0 Å². The van der Waals surface area contributed by atoms with E-state index >= 15 is 0 Å². The van der Waals surface area contributed by atoms with Crippen LogP contribution in [0.3, 0.4) is 0 Å². The number of ether oxygens (including phenoxy) is 1. The molecule has 1 aromatic rings. The van der Waals surface area contributed by atoms with Crippen LogP contribution in [0.4, 0.5) is 0 Å². The van der Waals surface area contributed by atoms with Gasteiger partial charge in [0.2, 0.25) is 0 Å². The van der Waals surface area contributed by atoms with Crippen molar-refractivity contribution in [1.29, 1.82) is 0 Å². The highest BCUT2D eigenvalue weighted by atomic mass is 127. The molecule has 0 bridgehead atoms. The van der Waals surface area contributed by atoms with Crippen LogP contribution in [-0.2, 0) is 0 Å². The molecule has 152 valence electrons. The number of nitrogens with zero attached hydrogens (tertiary/aromatic N) is 2. The van der Waals surface area contributed by atoms with Crippen LogP contribution in [0.2, 0.25) is 0 Å². The number of benzene rings is 1. The summed E-state index contributed by atoms with van der Waals surface area (Å²) < 4.78 is 6.46. The van der Waals surface area contributed by atoms with Gasteiger partial charge in [-0.1, -0.05) is 18.2 Å². The van der Waals surface area contributed by atoms with E-state index in [0.717, 1.165) is 44.1 Å². The molecule has 3 rings (SSSR count). The number of hydrogen-bond donors (Lipinski definition) is 2. The van der Waals surface area contributed by atoms with Crippen molar-refractivity contribution in [2.75, 3.05) is 27.2 Å². The summed E-state index contributed by atoms with van der Waals surface area (Å²) in [6.45, 7) is 6.30. The van der Waals surface area contributed by atoms with Crippen LogP contribution in [0.15, 0.2) is 29.3 Å². The summed E-state index contributed by atoms with van der Waals surface area (Å²) in [4.78, 5) is 6.78. The first-order valence-electron chi connectivity index (χ1n) is 9.98. The van der Waals surface area contributed by atoms with E-state index in [9.17, 15) is 0 Å². The van der Waals surface area contributed by atoms with Gasteiger partial charge in [-0.15, -0.1) is 24.0 Å². The smallest absolute Gasteiger partial charge is 0.191 e. The van der Waals surface area contributed by atoms with E-state index in [-0.39, 0.29) is 35.6 Å². The van der Waals surface area contributed by atoms with E-state index in [2.05, 4.69) is 65.7 Å². The van der Waals surface area contributed by atoms with Gasteiger partial charge in [-0.2, -0.15) is 0 Å². The van der Waals surface area contributed by atoms with E-state index in [4.69, 9.17) is 4.74 Å². The molecular formula is C21H35IN4O. The van der Waals surface area contributed by atoms with Crippen molar-refractivity contribution in [3.8, 4) is 5.75 Å². The lowest BCUT2D eigenvalue weighted by Crippen LogP contribution is -2.47. The van der Waals surface area contributed by atoms with Crippen LogP contribution < -0.4 is 15.4 Å². The highest BCUT2D eigenvalue weighted by Gasteiger charge is 2.43. The van der Waals surface area contributed by atoms with E-state index in [0.29, 0.717) is 6.04 Å². The number of aliphatic imine (C=N–C) groups is 1. The average molecular weight is 486 g/mol. The quantitative estimate of drug-likeness (QED) is 0.376. The Morgan fingerprint density at radius 3 is 2.67 bits per heavy atom. The normalized spacial score (nSPS) is 21.0. The molecule has 1 fully saturated rings. The standard InChI is InChI=1S/C21H34N4O.HI/c1-16(2)25(4)14-13-23-20(22-3)24-18-15-21(11-7-8-12-21)26-19-10-6-5-9-17(18)19;/h5-6,9-10,16,18H,7-8,11-15H2,1-4H3,(H2,22,23,24);1H. The second kappa shape index (κ2) is 9.96. The lowest BCUT2D eigenvalue weighted by Gasteiger charge is -2.40. The summed E-state index contributed by atoms with van der Waals surface area (Å²) in [5.74, 6) is 1.91. The Hall–Kier alpha value is -1.02. The number of fused-ring (bicyclic) bond motifs is 1. The molecule has 0 saturated heterocycles. The van der Waals surface area contributed by atoms with Crippen LogP contribution in [-0.4, -0.2) is 49.7 Å². The SMILES string of the molecule is CN=C(NCCN(C)C(C)C)NC1CC2(CCCC2)Oc2ccccc21.I. The molecule has 6 heteroatoms. The van der Waals surface area contributed by atoms with Gasteiger partial charge in [-0.25, -0.2) is 0 Å². The Morgan fingerprint density at radius 1 is 1.30 bits per heavy atom. The molecule has 5 nitrogen and oxygen atoms in total. The van der Waals surface area contributed by atoms with Gasteiger partial charge in [-0.05, 0) is 52.6 Å². The molecule has 1 atom stereocenters. The minimum atomic E-state index is 0. The third-order valence-corrected chi connectivity index (χ3v) is 5.88. The van der Waals surface area contributed by atoms with Gasteiger partial charge in [0.05, 0.1) is 6.04 Å². The Labute approximate surface area is 181 Å².